The minimum Gasteiger partial charge on any atom is -0.344 e. The minimum atomic E-state index is 1.27. The molecule has 0 radical (unpaired) electrons. The molecule has 0 aliphatic heterocycles. The Labute approximate surface area is 543 Å². The van der Waals surface area contributed by atoms with Crippen molar-refractivity contribution >= 4 is 240 Å². The fraction of sp³-hybridized carbons (Fsp3) is 0.0455. The molecule has 0 saturated carbocycles. The lowest BCUT2D eigenvalue weighted by Gasteiger charge is -2.04. The van der Waals surface area contributed by atoms with Crippen molar-refractivity contribution in [1.29, 1.82) is 0 Å². The second-order valence-electron chi connectivity index (χ2n) is 27.6. The van der Waals surface area contributed by atoms with Crippen LogP contribution in [0.3, 0.4) is 0 Å². The Morgan fingerprint density at radius 1 is 0.146 bits per heavy atom. The molecule has 12 aromatic heterocycles. The standard InChI is InChI=1S/2C44H26N4/c1-45-31-15-5-3-9-25(31)39-33(45)17-19-35-41(39)27-13-7-11-23-29-22-38-30(21-37(29)47(35)43(23)27)24-12-8-14-28-42-36(48(38)44(24)28)20-18-34-40(42)26-10-4-6-16-32(26)46(34)2;1-45-33-15-5-3-9-23(33)27-17-19-35-39(43(27)45)29-13-7-11-25-31-22-38-32(21-37(31)47(35)41(25)29)26-12-8-14-30-40-36(48(38)42(26)30)20-18-28-24-10-4-6-16-34(24)46(2)44(28)40/h2*3-22H,1-2H3. The van der Waals surface area contributed by atoms with E-state index < -0.39 is 0 Å². The average Bonchev–Trinajstić information content (AvgIpc) is 1.52. The minimum absolute atomic E-state index is 1.27. The molecule has 0 unspecified atom stereocenters. The van der Waals surface area contributed by atoms with E-state index in [9.17, 15) is 0 Å². The summed E-state index contributed by atoms with van der Waals surface area (Å²) in [6.45, 7) is 0. The normalized spacial score (nSPS) is 13.2. The van der Waals surface area contributed by atoms with Gasteiger partial charge in [0.05, 0.1) is 77.2 Å². The van der Waals surface area contributed by atoms with Crippen LogP contribution in [-0.4, -0.2) is 35.9 Å². The largest absolute Gasteiger partial charge is 0.344 e. The summed E-state index contributed by atoms with van der Waals surface area (Å²) in [5.41, 5.74) is 25.7. The first kappa shape index (κ1) is 49.2. The number of benzene rings is 14. The molecule has 0 fully saturated rings. The quantitative estimate of drug-likeness (QED) is 0.145. The topological polar surface area (TPSA) is 37.4 Å². The summed E-state index contributed by atoms with van der Waals surface area (Å²) < 4.78 is 19.6. The Balaban J connectivity index is 0.000000115. The molecule has 12 heterocycles. The molecular weight excluding hydrogens is 1170 g/mol. The van der Waals surface area contributed by atoms with Crippen LogP contribution in [0.4, 0.5) is 0 Å². The molecule has 0 atom stereocenters. The van der Waals surface area contributed by atoms with Crippen molar-refractivity contribution in [1.82, 2.24) is 35.9 Å². The van der Waals surface area contributed by atoms with E-state index in [1.165, 1.54) is 240 Å². The van der Waals surface area contributed by atoms with E-state index in [0.29, 0.717) is 0 Å². The van der Waals surface area contributed by atoms with Gasteiger partial charge in [-0.3, -0.25) is 0 Å². The molecule has 14 aromatic carbocycles. The highest BCUT2D eigenvalue weighted by Crippen LogP contribution is 2.52. The van der Waals surface area contributed by atoms with Gasteiger partial charge >= 0.3 is 0 Å². The number of aryl methyl sites for hydroxylation is 4. The molecule has 0 bridgehead atoms. The Bertz CT molecular complexity index is 7640. The van der Waals surface area contributed by atoms with Crippen molar-refractivity contribution in [2.75, 3.05) is 0 Å². The highest BCUT2D eigenvalue weighted by Gasteiger charge is 2.29. The van der Waals surface area contributed by atoms with Crippen molar-refractivity contribution in [3.8, 4) is 0 Å². The highest BCUT2D eigenvalue weighted by atomic mass is 15.0. The number of para-hydroxylation sites is 8. The third kappa shape index (κ3) is 5.30. The highest BCUT2D eigenvalue weighted by molar-refractivity contribution is 6.38. The van der Waals surface area contributed by atoms with Gasteiger partial charge < -0.3 is 35.9 Å². The summed E-state index contributed by atoms with van der Waals surface area (Å²) in [5.74, 6) is 0. The number of fused-ring (bicyclic) bond motifs is 40. The van der Waals surface area contributed by atoms with Gasteiger partial charge in [-0.2, -0.15) is 0 Å². The number of hydrogen-bond donors (Lipinski definition) is 0. The van der Waals surface area contributed by atoms with Gasteiger partial charge in [-0.05, 0) is 84.9 Å². The zero-order valence-electron chi connectivity index (χ0n) is 52.7. The molecule has 0 spiro atoms. The van der Waals surface area contributed by atoms with Crippen LogP contribution in [0.1, 0.15) is 0 Å². The maximum Gasteiger partial charge on any atom is 0.0621 e. The van der Waals surface area contributed by atoms with Crippen LogP contribution in [0.2, 0.25) is 0 Å². The van der Waals surface area contributed by atoms with Gasteiger partial charge in [0.25, 0.3) is 0 Å². The summed E-state index contributed by atoms with van der Waals surface area (Å²) in [6.07, 6.45) is 0. The maximum atomic E-state index is 2.54. The lowest BCUT2D eigenvalue weighted by atomic mass is 10.0. The van der Waals surface area contributed by atoms with Crippen molar-refractivity contribution in [3.63, 3.8) is 0 Å². The first-order chi connectivity index (χ1) is 47.4. The molecule has 0 amide bonds. The Hall–Kier alpha value is -12.5. The van der Waals surface area contributed by atoms with Crippen molar-refractivity contribution in [2.45, 2.75) is 0 Å². The van der Waals surface area contributed by atoms with Crippen molar-refractivity contribution in [2.24, 2.45) is 28.2 Å². The van der Waals surface area contributed by atoms with E-state index in [1.54, 1.807) is 0 Å². The molecule has 444 valence electrons. The van der Waals surface area contributed by atoms with E-state index in [4.69, 9.17) is 0 Å². The summed E-state index contributed by atoms with van der Waals surface area (Å²) in [4.78, 5) is 0. The number of nitrogens with zero attached hydrogens (tertiary/aromatic N) is 8. The van der Waals surface area contributed by atoms with E-state index in [2.05, 4.69) is 307 Å². The third-order valence-corrected chi connectivity index (χ3v) is 23.6. The van der Waals surface area contributed by atoms with Crippen LogP contribution in [0.15, 0.2) is 243 Å². The molecule has 8 nitrogen and oxygen atoms in total. The van der Waals surface area contributed by atoms with Crippen LogP contribution in [0.25, 0.3) is 240 Å². The van der Waals surface area contributed by atoms with E-state index in [-0.39, 0.29) is 0 Å². The van der Waals surface area contributed by atoms with Gasteiger partial charge in [0.15, 0.2) is 0 Å². The van der Waals surface area contributed by atoms with Crippen molar-refractivity contribution in [3.05, 3.63) is 243 Å². The van der Waals surface area contributed by atoms with E-state index >= 15 is 0 Å². The molecule has 26 rings (SSSR count). The zero-order chi connectivity index (χ0) is 62.3. The maximum absolute atomic E-state index is 2.54. The van der Waals surface area contributed by atoms with Gasteiger partial charge in [-0.15, -0.1) is 0 Å². The lowest BCUT2D eigenvalue weighted by molar-refractivity contribution is 1.01. The number of aromatic nitrogens is 8. The predicted molar refractivity (Wildman–Crippen MR) is 407 cm³/mol. The van der Waals surface area contributed by atoms with Gasteiger partial charge in [-0.25, -0.2) is 0 Å². The molecule has 0 aliphatic carbocycles. The monoisotopic (exact) mass is 1220 g/mol. The molecule has 8 heteroatoms. The van der Waals surface area contributed by atoms with Crippen LogP contribution < -0.4 is 0 Å². The molecule has 0 aliphatic rings. The second-order valence-corrected chi connectivity index (χ2v) is 27.6. The van der Waals surface area contributed by atoms with Gasteiger partial charge in [-0.1, -0.05) is 158 Å². The SMILES string of the molecule is Cn1c2ccccc2c2c3c4cccc5c6cc7c(cc6n(c3ccc21)c54)c1cccc2c3c4c5ccccc5n(C)c4ccc3n7c12.Cn1c2ccccc2c2ccc3c(c4cccc5c6cc7c(cc6n3c54)c3cccc4c5c6c(ccc5n7c34)c3ccccc3n6C)c21. The van der Waals surface area contributed by atoms with Crippen LogP contribution >= 0.6 is 0 Å². The Kier molecular flexibility index (Phi) is 8.33. The Morgan fingerprint density at radius 3 is 0.740 bits per heavy atom. The number of hydrogen-bond acceptors (Lipinski definition) is 0. The van der Waals surface area contributed by atoms with Crippen LogP contribution in [-0.2, 0) is 28.2 Å². The third-order valence-electron chi connectivity index (χ3n) is 23.6. The van der Waals surface area contributed by atoms with Crippen LogP contribution in [0.5, 0.6) is 0 Å². The molecule has 96 heavy (non-hydrogen) atoms. The molecule has 0 saturated heterocycles. The Morgan fingerprint density at radius 2 is 0.385 bits per heavy atom. The summed E-state index contributed by atoms with van der Waals surface area (Å²) in [7, 11) is 8.82. The molecular formula is C88H52N8. The first-order valence-electron chi connectivity index (χ1n) is 33.5. The first-order valence-corrected chi connectivity index (χ1v) is 33.5. The average molecular weight is 1220 g/mol. The van der Waals surface area contributed by atoms with Gasteiger partial charge in [0, 0.05) is 191 Å². The summed E-state index contributed by atoms with van der Waals surface area (Å²) >= 11 is 0. The van der Waals surface area contributed by atoms with Crippen LogP contribution in [0, 0.1) is 0 Å². The summed E-state index contributed by atoms with van der Waals surface area (Å²) in [6, 6.07) is 91.4. The fourth-order valence-corrected chi connectivity index (χ4v) is 19.9. The lowest BCUT2D eigenvalue weighted by Crippen LogP contribution is -1.88. The smallest absolute Gasteiger partial charge is 0.0621 e. The van der Waals surface area contributed by atoms with Gasteiger partial charge in [0.2, 0.25) is 0 Å². The zero-order valence-corrected chi connectivity index (χ0v) is 52.7. The summed E-state index contributed by atoms with van der Waals surface area (Å²) in [5, 5.41) is 31.8. The van der Waals surface area contributed by atoms with Crippen molar-refractivity contribution < 1.29 is 0 Å². The van der Waals surface area contributed by atoms with E-state index in [1.807, 2.05) is 0 Å². The number of rotatable bonds is 0. The predicted octanol–water partition coefficient (Wildman–Crippen LogP) is 22.6. The fourth-order valence-electron chi connectivity index (χ4n) is 19.9. The molecule has 0 N–H and O–H groups in total. The van der Waals surface area contributed by atoms with Gasteiger partial charge in [0.1, 0.15) is 0 Å². The second kappa shape index (κ2) is 16.3. The molecule has 26 aromatic rings. The van der Waals surface area contributed by atoms with E-state index in [0.717, 1.165) is 0 Å².